The predicted molar refractivity (Wildman–Crippen MR) is 112 cm³/mol. The topological polar surface area (TPSA) is 294 Å². The lowest BCUT2D eigenvalue weighted by molar-refractivity contribution is -0.329. The Balaban J connectivity index is 1.80. The number of nitrogens with two attached hydrogens (primary N) is 6. The van der Waals surface area contributed by atoms with Crippen LogP contribution in [-0.4, -0.2) is 130 Å². The summed E-state index contributed by atoms with van der Waals surface area (Å²) in [5.41, 5.74) is 35.3. The summed E-state index contributed by atoms with van der Waals surface area (Å²) in [4.78, 5) is 0. The van der Waals surface area contributed by atoms with Crippen molar-refractivity contribution in [1.82, 2.24) is 0 Å². The van der Waals surface area contributed by atoms with Gasteiger partial charge in [0.15, 0.2) is 12.6 Å². The van der Waals surface area contributed by atoms with E-state index in [0.717, 1.165) is 0 Å². The Kier molecular flexibility index (Phi) is 8.99. The van der Waals surface area contributed by atoms with Crippen molar-refractivity contribution < 1.29 is 44.5 Å². The quantitative estimate of drug-likeness (QED) is 0.167. The molecule has 15 atom stereocenters. The molecule has 33 heavy (non-hydrogen) atoms. The van der Waals surface area contributed by atoms with Gasteiger partial charge in [-0.1, -0.05) is 0 Å². The van der Waals surface area contributed by atoms with E-state index in [1.54, 1.807) is 0 Å². The predicted octanol–water partition coefficient (Wildman–Crippen LogP) is -7.36. The van der Waals surface area contributed by atoms with E-state index in [1.165, 1.54) is 0 Å². The van der Waals surface area contributed by atoms with Gasteiger partial charge in [-0.2, -0.15) is 0 Å². The maximum Gasteiger partial charge on any atom is 0.187 e. The molecule has 2 aliphatic heterocycles. The summed E-state index contributed by atoms with van der Waals surface area (Å²) >= 11 is 0. The normalized spacial score (nSPS) is 53.7. The molecule has 2 saturated heterocycles. The second-order valence-electron chi connectivity index (χ2n) is 8.93. The van der Waals surface area contributed by atoms with Crippen molar-refractivity contribution >= 4 is 0 Å². The van der Waals surface area contributed by atoms with Crippen molar-refractivity contribution in [2.75, 3.05) is 13.1 Å². The molecule has 194 valence electrons. The third kappa shape index (κ3) is 5.32. The molecule has 0 aromatic rings. The van der Waals surface area contributed by atoms with Crippen LogP contribution in [0.4, 0.5) is 0 Å². The van der Waals surface area contributed by atoms with Gasteiger partial charge in [0, 0.05) is 25.2 Å². The van der Waals surface area contributed by atoms with Gasteiger partial charge in [0.05, 0.1) is 24.3 Å². The minimum absolute atomic E-state index is 0.0531. The molecule has 2 heterocycles. The largest absolute Gasteiger partial charge is 0.389 e. The Morgan fingerprint density at radius 2 is 1.15 bits per heavy atom. The van der Waals surface area contributed by atoms with Crippen molar-refractivity contribution in [1.29, 1.82) is 0 Å². The van der Waals surface area contributed by atoms with Gasteiger partial charge in [-0.3, -0.25) is 0 Å². The van der Waals surface area contributed by atoms with Gasteiger partial charge in [0.2, 0.25) is 0 Å². The fourth-order valence-electron chi connectivity index (χ4n) is 4.46. The SMILES string of the molecule is NC[C@H]1O[C@@H](O[C@@H]2[C@@H](O)[C@H](N)C[C@H](N)[C@H]2O[C@H]2O[C@H](CN)[C@@H](O)[C@H](O)[C@H]2N)[C@H](O)[C@@H](O)[C@@H]1N. The first-order chi connectivity index (χ1) is 15.5. The second-order valence-corrected chi connectivity index (χ2v) is 8.93. The van der Waals surface area contributed by atoms with Crippen LogP contribution >= 0.6 is 0 Å². The molecule has 0 amide bonds. The van der Waals surface area contributed by atoms with Crippen molar-refractivity contribution in [3.8, 4) is 0 Å². The van der Waals surface area contributed by atoms with Crippen molar-refractivity contribution in [2.24, 2.45) is 34.4 Å². The third-order valence-corrected chi connectivity index (χ3v) is 6.62. The maximum absolute atomic E-state index is 10.8. The molecule has 0 radical (unpaired) electrons. The maximum atomic E-state index is 10.8. The summed E-state index contributed by atoms with van der Waals surface area (Å²) in [7, 11) is 0. The molecule has 0 spiro atoms. The summed E-state index contributed by atoms with van der Waals surface area (Å²) in [6.07, 6.45) is -13.6. The molecule has 3 fully saturated rings. The highest BCUT2D eigenvalue weighted by atomic mass is 16.7. The monoisotopic (exact) mass is 482 g/mol. The van der Waals surface area contributed by atoms with E-state index >= 15 is 0 Å². The molecule has 15 heteroatoms. The Hall–Kier alpha value is -0.600. The lowest BCUT2D eigenvalue weighted by Crippen LogP contribution is -2.69. The Labute approximate surface area is 190 Å². The minimum atomic E-state index is -1.56. The summed E-state index contributed by atoms with van der Waals surface area (Å²) in [6.45, 7) is -0.169. The Morgan fingerprint density at radius 1 is 0.606 bits per heavy atom. The summed E-state index contributed by atoms with van der Waals surface area (Å²) in [5.74, 6) is 0. The van der Waals surface area contributed by atoms with E-state index in [0.29, 0.717) is 0 Å². The van der Waals surface area contributed by atoms with Gasteiger partial charge in [-0.05, 0) is 6.42 Å². The van der Waals surface area contributed by atoms with Crippen LogP contribution in [0.5, 0.6) is 0 Å². The zero-order valence-electron chi connectivity index (χ0n) is 18.1. The molecule has 3 aliphatic rings. The van der Waals surface area contributed by atoms with E-state index in [-0.39, 0.29) is 19.5 Å². The summed E-state index contributed by atoms with van der Waals surface area (Å²) in [5, 5.41) is 51.8. The third-order valence-electron chi connectivity index (χ3n) is 6.62. The van der Waals surface area contributed by atoms with Crippen LogP contribution in [0.25, 0.3) is 0 Å². The van der Waals surface area contributed by atoms with Gasteiger partial charge < -0.3 is 78.9 Å². The fraction of sp³-hybridized carbons (Fsp3) is 1.00. The highest BCUT2D eigenvalue weighted by Gasteiger charge is 2.51. The van der Waals surface area contributed by atoms with Crippen molar-refractivity contribution in [2.45, 2.75) is 98.1 Å². The van der Waals surface area contributed by atoms with E-state index in [9.17, 15) is 25.5 Å². The Bertz CT molecular complexity index is 636. The number of rotatable bonds is 6. The molecule has 15 nitrogen and oxygen atoms in total. The number of aliphatic hydroxyl groups is 5. The zero-order valence-corrected chi connectivity index (χ0v) is 18.1. The average molecular weight is 483 g/mol. The van der Waals surface area contributed by atoms with Crippen LogP contribution in [-0.2, 0) is 18.9 Å². The van der Waals surface area contributed by atoms with Crippen LogP contribution in [0.1, 0.15) is 6.42 Å². The number of hydrogen-bond donors (Lipinski definition) is 11. The number of aliphatic hydroxyl groups excluding tert-OH is 5. The van der Waals surface area contributed by atoms with Crippen molar-refractivity contribution in [3.05, 3.63) is 0 Å². The molecule has 17 N–H and O–H groups in total. The standard InChI is InChI=1S/C18H38N6O9/c19-2-6-8(23)12(27)14(29)18(30-6)33-16-10(25)4(21)1-5(22)15(16)32-17-9(24)13(28)11(26)7(3-20)31-17/h4-18,25-29H,1-3,19-24H2/t4-,5+,6-,7-,8-,9-,10+,11-,12+,13-,14-,15-,16-,17-,18+/m1/s1. The second kappa shape index (κ2) is 11.0. The molecule has 0 aromatic carbocycles. The average Bonchev–Trinajstić information content (AvgIpc) is 2.79. The van der Waals surface area contributed by atoms with Crippen molar-refractivity contribution in [3.63, 3.8) is 0 Å². The van der Waals surface area contributed by atoms with Crippen LogP contribution in [0.3, 0.4) is 0 Å². The Morgan fingerprint density at radius 3 is 1.76 bits per heavy atom. The van der Waals surface area contributed by atoms with E-state index < -0.39 is 91.7 Å². The van der Waals surface area contributed by atoms with Gasteiger partial charge in [-0.25, -0.2) is 0 Å². The fourth-order valence-corrected chi connectivity index (χ4v) is 4.46. The van der Waals surface area contributed by atoms with Gasteiger partial charge in [0.1, 0.15) is 42.7 Å². The molecular formula is C18H38N6O9. The van der Waals surface area contributed by atoms with Gasteiger partial charge in [-0.15, -0.1) is 0 Å². The first kappa shape index (κ1) is 27.0. The lowest BCUT2D eigenvalue weighted by Gasteiger charge is -2.48. The van der Waals surface area contributed by atoms with Gasteiger partial charge >= 0.3 is 0 Å². The van der Waals surface area contributed by atoms with Crippen LogP contribution in [0.15, 0.2) is 0 Å². The highest BCUT2D eigenvalue weighted by molar-refractivity contribution is 5.02. The smallest absolute Gasteiger partial charge is 0.187 e. The molecular weight excluding hydrogens is 444 g/mol. The first-order valence-corrected chi connectivity index (χ1v) is 11.0. The first-order valence-electron chi connectivity index (χ1n) is 11.0. The van der Waals surface area contributed by atoms with E-state index in [4.69, 9.17) is 53.3 Å². The molecule has 0 bridgehead atoms. The molecule has 1 aliphatic carbocycles. The molecule has 0 unspecified atom stereocenters. The zero-order chi connectivity index (χ0) is 24.6. The van der Waals surface area contributed by atoms with Crippen LogP contribution in [0.2, 0.25) is 0 Å². The minimum Gasteiger partial charge on any atom is -0.389 e. The van der Waals surface area contributed by atoms with E-state index in [1.807, 2.05) is 0 Å². The summed E-state index contributed by atoms with van der Waals surface area (Å²) in [6, 6.07) is -3.69. The molecule has 0 aromatic heterocycles. The van der Waals surface area contributed by atoms with Crippen LogP contribution in [0, 0.1) is 0 Å². The van der Waals surface area contributed by atoms with E-state index in [2.05, 4.69) is 0 Å². The summed E-state index contributed by atoms with van der Waals surface area (Å²) < 4.78 is 23.0. The molecule has 3 rings (SSSR count). The van der Waals surface area contributed by atoms with Gasteiger partial charge in [0.25, 0.3) is 0 Å². The number of ether oxygens (including phenoxy) is 4. The molecule has 1 saturated carbocycles. The number of hydrogen-bond acceptors (Lipinski definition) is 15. The van der Waals surface area contributed by atoms with Crippen LogP contribution < -0.4 is 34.4 Å². The lowest BCUT2D eigenvalue weighted by atomic mass is 9.84. The highest BCUT2D eigenvalue weighted by Crippen LogP contribution is 2.31.